The van der Waals surface area contributed by atoms with Crippen LogP contribution in [0, 0.1) is 0 Å². The number of hydrogen-bond donors (Lipinski definition) is 1. The molecule has 0 aliphatic rings. The van der Waals surface area contributed by atoms with Gasteiger partial charge in [0.2, 0.25) is 0 Å². The Morgan fingerprint density at radius 1 is 1.40 bits per heavy atom. The topological polar surface area (TPSA) is 43.6 Å². The number of ether oxygens (including phenoxy) is 2. The van der Waals surface area contributed by atoms with Crippen molar-refractivity contribution in [1.29, 1.82) is 0 Å². The van der Waals surface area contributed by atoms with Gasteiger partial charge in [-0.15, -0.1) is 0 Å². The summed E-state index contributed by atoms with van der Waals surface area (Å²) in [6.07, 6.45) is -0.247. The predicted molar refractivity (Wildman–Crippen MR) is 60.5 cm³/mol. The monoisotopic (exact) mass is 277 g/mol. The van der Waals surface area contributed by atoms with Gasteiger partial charge in [0.1, 0.15) is 5.76 Å². The quantitative estimate of drug-likeness (QED) is 0.810. The molecule has 0 saturated heterocycles. The summed E-state index contributed by atoms with van der Waals surface area (Å²) in [5.74, 6) is 0.875. The molecule has 0 aliphatic heterocycles. The summed E-state index contributed by atoms with van der Waals surface area (Å²) in [6, 6.07) is 3.88. The molecule has 4 nitrogen and oxygen atoms in total. The highest BCUT2D eigenvalue weighted by atomic mass is 79.9. The molecule has 0 bridgehead atoms. The van der Waals surface area contributed by atoms with Gasteiger partial charge < -0.3 is 19.2 Å². The minimum Gasteiger partial charge on any atom is -0.453 e. The Kier molecular flexibility index (Phi) is 5.31. The molecule has 1 aromatic heterocycles. The van der Waals surface area contributed by atoms with Crippen LogP contribution in [0.2, 0.25) is 0 Å². The minimum absolute atomic E-state index is 0.101. The van der Waals surface area contributed by atoms with E-state index in [0.717, 1.165) is 10.4 Å². The van der Waals surface area contributed by atoms with E-state index in [1.54, 1.807) is 14.2 Å². The van der Waals surface area contributed by atoms with Gasteiger partial charge in [0.25, 0.3) is 0 Å². The standard InChI is InChI=1S/C10H16BrNO3/c1-7(10(13-2)14-3)12-6-8-4-5-9(11)15-8/h4-5,7,10,12H,6H2,1-3H3. The molecule has 1 unspecified atom stereocenters. The molecule has 0 aromatic carbocycles. The molecule has 1 atom stereocenters. The van der Waals surface area contributed by atoms with Crippen LogP contribution in [0.3, 0.4) is 0 Å². The SMILES string of the molecule is COC(OC)C(C)NCc1ccc(Br)o1. The lowest BCUT2D eigenvalue weighted by molar-refractivity contribution is -0.119. The number of halogens is 1. The third-order valence-electron chi connectivity index (χ3n) is 2.10. The Hall–Kier alpha value is -0.360. The fourth-order valence-electron chi connectivity index (χ4n) is 1.31. The Balaban J connectivity index is 2.36. The predicted octanol–water partition coefficient (Wildman–Crippen LogP) is 2.14. The summed E-state index contributed by atoms with van der Waals surface area (Å²) < 4.78 is 16.4. The van der Waals surface area contributed by atoms with Crippen molar-refractivity contribution >= 4 is 15.9 Å². The smallest absolute Gasteiger partial charge is 0.171 e. The summed E-state index contributed by atoms with van der Waals surface area (Å²) >= 11 is 3.25. The average molecular weight is 278 g/mol. The fourth-order valence-corrected chi connectivity index (χ4v) is 1.65. The van der Waals surface area contributed by atoms with Crippen LogP contribution in [0.5, 0.6) is 0 Å². The van der Waals surface area contributed by atoms with Crippen LogP contribution >= 0.6 is 15.9 Å². The highest BCUT2D eigenvalue weighted by Crippen LogP contribution is 2.14. The van der Waals surface area contributed by atoms with Gasteiger partial charge in [0.15, 0.2) is 11.0 Å². The number of nitrogens with one attached hydrogen (secondary N) is 1. The number of rotatable bonds is 6. The maximum Gasteiger partial charge on any atom is 0.171 e. The molecule has 0 saturated carbocycles. The van der Waals surface area contributed by atoms with E-state index in [4.69, 9.17) is 13.9 Å². The Morgan fingerprint density at radius 2 is 2.07 bits per heavy atom. The maximum atomic E-state index is 5.35. The van der Waals surface area contributed by atoms with Gasteiger partial charge in [-0.25, -0.2) is 0 Å². The molecule has 15 heavy (non-hydrogen) atoms. The van der Waals surface area contributed by atoms with Crippen LogP contribution < -0.4 is 5.32 Å². The second kappa shape index (κ2) is 6.27. The average Bonchev–Trinajstić information content (AvgIpc) is 2.63. The molecular formula is C10H16BrNO3. The first-order valence-electron chi connectivity index (χ1n) is 4.70. The van der Waals surface area contributed by atoms with E-state index in [1.807, 2.05) is 19.1 Å². The zero-order chi connectivity index (χ0) is 11.3. The summed E-state index contributed by atoms with van der Waals surface area (Å²) in [7, 11) is 3.24. The molecule has 0 aliphatic carbocycles. The van der Waals surface area contributed by atoms with Crippen molar-refractivity contribution in [3.63, 3.8) is 0 Å². The van der Waals surface area contributed by atoms with E-state index in [-0.39, 0.29) is 12.3 Å². The third-order valence-corrected chi connectivity index (χ3v) is 2.53. The zero-order valence-corrected chi connectivity index (χ0v) is 10.7. The van der Waals surface area contributed by atoms with Crippen LogP contribution in [-0.2, 0) is 16.0 Å². The number of methoxy groups -OCH3 is 2. The molecular weight excluding hydrogens is 262 g/mol. The highest BCUT2D eigenvalue weighted by Gasteiger charge is 2.15. The van der Waals surface area contributed by atoms with Crippen LogP contribution in [0.4, 0.5) is 0 Å². The largest absolute Gasteiger partial charge is 0.453 e. The van der Waals surface area contributed by atoms with E-state index in [9.17, 15) is 0 Å². The van der Waals surface area contributed by atoms with Crippen LogP contribution in [-0.4, -0.2) is 26.6 Å². The van der Waals surface area contributed by atoms with Gasteiger partial charge in [-0.3, -0.25) is 0 Å². The Morgan fingerprint density at radius 3 is 2.53 bits per heavy atom. The molecule has 0 amide bonds. The lowest BCUT2D eigenvalue weighted by atomic mass is 10.3. The number of furan rings is 1. The first kappa shape index (κ1) is 12.7. The normalized spacial score (nSPS) is 13.4. The van der Waals surface area contributed by atoms with Gasteiger partial charge in [-0.1, -0.05) is 0 Å². The van der Waals surface area contributed by atoms with Crippen molar-refractivity contribution in [2.45, 2.75) is 25.8 Å². The van der Waals surface area contributed by atoms with Crippen LogP contribution in [0.1, 0.15) is 12.7 Å². The van der Waals surface area contributed by atoms with Crippen molar-refractivity contribution in [2.75, 3.05) is 14.2 Å². The van der Waals surface area contributed by atoms with Crippen molar-refractivity contribution in [1.82, 2.24) is 5.32 Å². The van der Waals surface area contributed by atoms with E-state index in [0.29, 0.717) is 6.54 Å². The van der Waals surface area contributed by atoms with Gasteiger partial charge in [-0.05, 0) is 35.0 Å². The first-order chi connectivity index (χ1) is 7.17. The van der Waals surface area contributed by atoms with Crippen molar-refractivity contribution in [3.05, 3.63) is 22.6 Å². The van der Waals surface area contributed by atoms with E-state index < -0.39 is 0 Å². The van der Waals surface area contributed by atoms with E-state index in [1.165, 1.54) is 0 Å². The Bertz CT molecular complexity index is 286. The maximum absolute atomic E-state index is 5.35. The summed E-state index contributed by atoms with van der Waals surface area (Å²) in [6.45, 7) is 2.64. The Labute approximate surface area is 98.1 Å². The lowest BCUT2D eigenvalue weighted by Crippen LogP contribution is -2.39. The molecule has 1 rings (SSSR count). The van der Waals surface area contributed by atoms with E-state index >= 15 is 0 Å². The minimum atomic E-state index is -0.247. The second-order valence-corrected chi connectivity index (χ2v) is 4.00. The molecule has 5 heteroatoms. The molecule has 0 fully saturated rings. The summed E-state index contributed by atoms with van der Waals surface area (Å²) in [5, 5.41) is 3.25. The molecule has 1 aromatic rings. The van der Waals surface area contributed by atoms with Crippen molar-refractivity contribution in [3.8, 4) is 0 Å². The second-order valence-electron chi connectivity index (χ2n) is 3.22. The van der Waals surface area contributed by atoms with Crippen LogP contribution in [0.25, 0.3) is 0 Å². The van der Waals surface area contributed by atoms with Gasteiger partial charge >= 0.3 is 0 Å². The molecule has 1 N–H and O–H groups in total. The number of hydrogen-bond acceptors (Lipinski definition) is 4. The van der Waals surface area contributed by atoms with Crippen molar-refractivity contribution in [2.24, 2.45) is 0 Å². The summed E-state index contributed by atoms with van der Waals surface area (Å²) in [5.41, 5.74) is 0. The highest BCUT2D eigenvalue weighted by molar-refractivity contribution is 9.10. The summed E-state index contributed by atoms with van der Waals surface area (Å²) in [4.78, 5) is 0. The third kappa shape index (κ3) is 3.95. The van der Waals surface area contributed by atoms with Gasteiger partial charge in [0.05, 0.1) is 12.6 Å². The molecule has 86 valence electrons. The van der Waals surface area contributed by atoms with E-state index in [2.05, 4.69) is 21.2 Å². The van der Waals surface area contributed by atoms with Gasteiger partial charge in [-0.2, -0.15) is 0 Å². The molecule has 1 heterocycles. The lowest BCUT2D eigenvalue weighted by Gasteiger charge is -2.21. The first-order valence-corrected chi connectivity index (χ1v) is 5.50. The van der Waals surface area contributed by atoms with Crippen LogP contribution in [0.15, 0.2) is 21.2 Å². The molecule has 0 spiro atoms. The molecule has 0 radical (unpaired) electrons. The van der Waals surface area contributed by atoms with Crippen molar-refractivity contribution < 1.29 is 13.9 Å². The van der Waals surface area contributed by atoms with Gasteiger partial charge in [0, 0.05) is 14.2 Å². The fraction of sp³-hybridized carbons (Fsp3) is 0.600. The zero-order valence-electron chi connectivity index (χ0n) is 9.12.